The Morgan fingerprint density at radius 3 is 2.31 bits per heavy atom. The van der Waals surface area contributed by atoms with E-state index in [1.54, 1.807) is 11.1 Å². The van der Waals surface area contributed by atoms with E-state index in [2.05, 4.69) is 64.7 Å². The van der Waals surface area contributed by atoms with Crippen molar-refractivity contribution in [2.75, 3.05) is 24.5 Å². The summed E-state index contributed by atoms with van der Waals surface area (Å²) in [6.45, 7) is 4.77. The van der Waals surface area contributed by atoms with Crippen molar-refractivity contribution >= 4 is 11.6 Å². The summed E-state index contributed by atoms with van der Waals surface area (Å²) < 4.78 is 0. The summed E-state index contributed by atoms with van der Waals surface area (Å²) in [5.74, 6) is 0.305. The second-order valence-electron chi connectivity index (χ2n) is 9.52. The first-order chi connectivity index (χ1) is 15.8. The number of benzene rings is 2. The molecule has 2 aromatic rings. The Morgan fingerprint density at radius 2 is 1.56 bits per heavy atom. The van der Waals surface area contributed by atoms with E-state index in [1.807, 2.05) is 4.90 Å². The molecular weight excluding hydrogens is 394 g/mol. The molecule has 2 aliphatic heterocycles. The van der Waals surface area contributed by atoms with E-state index in [-0.39, 0.29) is 0 Å². The average molecular weight is 430 g/mol. The van der Waals surface area contributed by atoms with Gasteiger partial charge in [0.2, 0.25) is 5.91 Å². The molecule has 32 heavy (non-hydrogen) atoms. The van der Waals surface area contributed by atoms with E-state index in [0.717, 1.165) is 52.0 Å². The summed E-state index contributed by atoms with van der Waals surface area (Å²) in [6.07, 6.45) is 13.6. The number of hydrogen-bond donors (Lipinski definition) is 0. The number of rotatable bonds is 7. The normalized spacial score (nSPS) is 17.4. The predicted molar refractivity (Wildman–Crippen MR) is 130 cm³/mol. The van der Waals surface area contributed by atoms with Crippen LogP contribution >= 0.6 is 0 Å². The molecule has 0 spiro atoms. The van der Waals surface area contributed by atoms with Crippen LogP contribution in [0.15, 0.2) is 54.9 Å². The molecule has 3 aliphatic rings. The quantitative estimate of drug-likeness (QED) is 0.562. The summed E-state index contributed by atoms with van der Waals surface area (Å²) in [5, 5.41) is 0. The first kappa shape index (κ1) is 21.1. The van der Waals surface area contributed by atoms with Gasteiger partial charge in [0, 0.05) is 57.2 Å². The Balaban J connectivity index is 1.01. The number of hydrogen-bond acceptors (Lipinski definition) is 3. The van der Waals surface area contributed by atoms with Crippen molar-refractivity contribution in [3.8, 4) is 0 Å². The first-order valence-electron chi connectivity index (χ1n) is 12.4. The minimum atomic E-state index is 0.305. The predicted octanol–water partition coefficient (Wildman–Crippen LogP) is 5.26. The molecule has 1 amide bonds. The zero-order chi connectivity index (χ0) is 21.8. The standard InChI is InChI=1S/C28H35N3O/c32-28(31-21-25-10-5-6-11-26(25)22-31)12-2-1-7-15-29-16-18-30(19-17-29)27-14-13-23-8-3-4-9-24(23)20-27/h5-6,10-11,13-14,16,18,20H,1-4,7-9,12,15,17,19,21-22H2. The lowest BCUT2D eigenvalue weighted by atomic mass is 9.91. The fraction of sp³-hybridized carbons (Fsp3) is 0.464. The number of aryl methyl sites for hydroxylation is 2. The summed E-state index contributed by atoms with van der Waals surface area (Å²) in [7, 11) is 0. The van der Waals surface area contributed by atoms with E-state index < -0.39 is 0 Å². The van der Waals surface area contributed by atoms with E-state index in [1.165, 1.54) is 42.5 Å². The van der Waals surface area contributed by atoms with Gasteiger partial charge in [-0.3, -0.25) is 4.79 Å². The largest absolute Gasteiger partial charge is 0.374 e. The lowest BCUT2D eigenvalue weighted by molar-refractivity contribution is -0.131. The second kappa shape index (κ2) is 9.81. The average Bonchev–Trinajstić information content (AvgIpc) is 3.28. The van der Waals surface area contributed by atoms with Crippen LogP contribution in [0.3, 0.4) is 0 Å². The van der Waals surface area contributed by atoms with Crippen LogP contribution in [0, 0.1) is 0 Å². The van der Waals surface area contributed by atoms with Crippen LogP contribution in [0.4, 0.5) is 5.69 Å². The Labute approximate surface area is 192 Å². The van der Waals surface area contributed by atoms with Gasteiger partial charge in [-0.2, -0.15) is 0 Å². The molecule has 1 aliphatic carbocycles. The molecule has 0 fully saturated rings. The molecule has 0 saturated heterocycles. The number of fused-ring (bicyclic) bond motifs is 2. The second-order valence-corrected chi connectivity index (χ2v) is 9.52. The Morgan fingerprint density at radius 1 is 0.781 bits per heavy atom. The maximum atomic E-state index is 12.5. The highest BCUT2D eigenvalue weighted by Crippen LogP contribution is 2.27. The Hall–Kier alpha value is -2.75. The third-order valence-corrected chi connectivity index (χ3v) is 7.28. The highest BCUT2D eigenvalue weighted by molar-refractivity contribution is 5.76. The molecule has 0 radical (unpaired) electrons. The van der Waals surface area contributed by atoms with E-state index in [9.17, 15) is 4.79 Å². The van der Waals surface area contributed by atoms with Crippen molar-refractivity contribution in [2.45, 2.75) is 64.5 Å². The van der Waals surface area contributed by atoms with Gasteiger partial charge in [-0.15, -0.1) is 0 Å². The van der Waals surface area contributed by atoms with Crippen LogP contribution in [0.1, 0.15) is 60.8 Å². The highest BCUT2D eigenvalue weighted by Gasteiger charge is 2.22. The van der Waals surface area contributed by atoms with Gasteiger partial charge in [0.1, 0.15) is 0 Å². The maximum Gasteiger partial charge on any atom is 0.223 e. The third-order valence-electron chi connectivity index (χ3n) is 7.28. The molecule has 0 saturated carbocycles. The third kappa shape index (κ3) is 4.85. The molecule has 168 valence electrons. The fourth-order valence-corrected chi connectivity index (χ4v) is 5.30. The van der Waals surface area contributed by atoms with Crippen LogP contribution in [-0.4, -0.2) is 35.3 Å². The molecule has 0 atom stereocenters. The highest BCUT2D eigenvalue weighted by atomic mass is 16.2. The van der Waals surface area contributed by atoms with Gasteiger partial charge in [0.05, 0.1) is 0 Å². The van der Waals surface area contributed by atoms with Crippen molar-refractivity contribution < 1.29 is 4.79 Å². The van der Waals surface area contributed by atoms with E-state index in [0.29, 0.717) is 12.3 Å². The number of carbonyl (C=O) groups is 1. The molecule has 5 rings (SSSR count). The number of nitrogens with zero attached hydrogens (tertiary/aromatic N) is 3. The zero-order valence-corrected chi connectivity index (χ0v) is 19.1. The minimum absolute atomic E-state index is 0.305. The minimum Gasteiger partial charge on any atom is -0.374 e. The van der Waals surface area contributed by atoms with Crippen LogP contribution in [0.5, 0.6) is 0 Å². The van der Waals surface area contributed by atoms with Gasteiger partial charge < -0.3 is 14.7 Å². The van der Waals surface area contributed by atoms with Crippen LogP contribution in [0.2, 0.25) is 0 Å². The Kier molecular flexibility index (Phi) is 6.47. The summed E-state index contributed by atoms with van der Waals surface area (Å²) in [4.78, 5) is 19.4. The zero-order valence-electron chi connectivity index (χ0n) is 19.1. The van der Waals surface area contributed by atoms with Crippen LogP contribution in [0.25, 0.3) is 0 Å². The van der Waals surface area contributed by atoms with Gasteiger partial charge in [-0.25, -0.2) is 0 Å². The Bertz CT molecular complexity index is 957. The molecule has 0 unspecified atom stereocenters. The van der Waals surface area contributed by atoms with Crippen molar-refractivity contribution in [1.29, 1.82) is 0 Å². The van der Waals surface area contributed by atoms with Crippen molar-refractivity contribution in [3.63, 3.8) is 0 Å². The SMILES string of the molecule is O=C(CCCCCN1C=CN(c2ccc3c(c2)CCCC3)CC1)N1Cc2ccccc2C1. The van der Waals surface area contributed by atoms with Gasteiger partial charge >= 0.3 is 0 Å². The topological polar surface area (TPSA) is 26.8 Å². The molecule has 4 nitrogen and oxygen atoms in total. The molecule has 0 bridgehead atoms. The lowest BCUT2D eigenvalue weighted by Crippen LogP contribution is -2.35. The van der Waals surface area contributed by atoms with Crippen LogP contribution in [-0.2, 0) is 30.7 Å². The monoisotopic (exact) mass is 429 g/mol. The van der Waals surface area contributed by atoms with Gasteiger partial charge in [0.15, 0.2) is 0 Å². The number of unbranched alkanes of at least 4 members (excludes halogenated alkanes) is 2. The first-order valence-corrected chi connectivity index (χ1v) is 12.4. The summed E-state index contributed by atoms with van der Waals surface area (Å²) in [5.41, 5.74) is 7.06. The molecule has 4 heteroatoms. The maximum absolute atomic E-state index is 12.5. The van der Waals surface area contributed by atoms with Gasteiger partial charge in [-0.1, -0.05) is 36.8 Å². The number of anilines is 1. The molecule has 2 aromatic carbocycles. The lowest BCUT2D eigenvalue weighted by Gasteiger charge is -2.32. The molecule has 0 aromatic heterocycles. The number of amides is 1. The summed E-state index contributed by atoms with van der Waals surface area (Å²) >= 11 is 0. The summed E-state index contributed by atoms with van der Waals surface area (Å²) in [6, 6.07) is 15.4. The van der Waals surface area contributed by atoms with E-state index >= 15 is 0 Å². The van der Waals surface area contributed by atoms with Gasteiger partial charge in [0.25, 0.3) is 0 Å². The van der Waals surface area contributed by atoms with Crippen LogP contribution < -0.4 is 4.90 Å². The van der Waals surface area contributed by atoms with E-state index in [4.69, 9.17) is 0 Å². The fourth-order valence-electron chi connectivity index (χ4n) is 5.30. The van der Waals surface area contributed by atoms with Crippen molar-refractivity contribution in [3.05, 3.63) is 77.1 Å². The molecule has 2 heterocycles. The molecular formula is C28H35N3O. The van der Waals surface area contributed by atoms with Gasteiger partial charge in [-0.05, 0) is 72.9 Å². The molecule has 0 N–H and O–H groups in total. The smallest absolute Gasteiger partial charge is 0.223 e. The van der Waals surface area contributed by atoms with Crippen molar-refractivity contribution in [2.24, 2.45) is 0 Å². The number of carbonyl (C=O) groups excluding carboxylic acids is 1. The van der Waals surface area contributed by atoms with Crippen molar-refractivity contribution in [1.82, 2.24) is 9.80 Å².